The van der Waals surface area contributed by atoms with Gasteiger partial charge in [0.15, 0.2) is 0 Å². The Kier molecular flexibility index (Phi) is 4.49. The predicted octanol–water partition coefficient (Wildman–Crippen LogP) is 2.65. The monoisotopic (exact) mass is 296 g/mol. The van der Waals surface area contributed by atoms with Gasteiger partial charge in [-0.3, -0.25) is 4.79 Å². The van der Waals surface area contributed by atoms with Crippen LogP contribution >= 0.6 is 22.6 Å². The van der Waals surface area contributed by atoms with E-state index in [-0.39, 0.29) is 6.10 Å². The maximum atomic E-state index is 10.3. The Morgan fingerprint density at radius 1 is 1.54 bits per heavy atom. The van der Waals surface area contributed by atoms with Gasteiger partial charge in [0, 0.05) is 10.3 Å². The van der Waals surface area contributed by atoms with Gasteiger partial charge in [0.05, 0.1) is 0 Å². The minimum absolute atomic E-state index is 0.175. The number of carbonyl (C=O) groups excluding carboxylic acids is 1. The van der Waals surface area contributed by atoms with E-state index in [1.54, 1.807) is 0 Å². The van der Waals surface area contributed by atoms with Crippen molar-refractivity contribution >= 4 is 29.1 Å². The number of halogens is 1. The number of alkyl halides is 1. The van der Waals surface area contributed by atoms with E-state index >= 15 is 0 Å². The van der Waals surface area contributed by atoms with Crippen LogP contribution in [-0.2, 0) is 9.53 Å². The van der Waals surface area contributed by atoms with E-state index in [9.17, 15) is 4.79 Å². The maximum Gasteiger partial charge on any atom is 0.293 e. The summed E-state index contributed by atoms with van der Waals surface area (Å²) in [4.78, 5) is 10.3. The van der Waals surface area contributed by atoms with Gasteiger partial charge in [-0.25, -0.2) is 0 Å². The average Bonchev–Trinajstić information content (AvgIpc) is 2.41. The van der Waals surface area contributed by atoms with Gasteiger partial charge in [-0.15, -0.1) is 0 Å². The molecular weight excluding hydrogens is 279 g/mol. The first-order valence-corrected chi connectivity index (χ1v) is 6.42. The largest absolute Gasteiger partial charge is 0.464 e. The Morgan fingerprint density at radius 2 is 2.23 bits per heavy atom. The third-order valence-electron chi connectivity index (χ3n) is 3.24. The zero-order chi connectivity index (χ0) is 9.84. The molecule has 0 aromatic rings. The third-order valence-corrected chi connectivity index (χ3v) is 4.26. The lowest BCUT2D eigenvalue weighted by Gasteiger charge is -2.21. The molecule has 1 aliphatic rings. The van der Waals surface area contributed by atoms with E-state index in [1.807, 2.05) is 0 Å². The van der Waals surface area contributed by atoms with Crippen molar-refractivity contribution in [1.82, 2.24) is 0 Å². The summed E-state index contributed by atoms with van der Waals surface area (Å²) in [5.41, 5.74) is 0. The first-order chi connectivity index (χ1) is 6.24. The Morgan fingerprint density at radius 3 is 2.69 bits per heavy atom. The van der Waals surface area contributed by atoms with Crippen LogP contribution in [-0.4, -0.2) is 17.0 Å². The lowest BCUT2D eigenvalue weighted by molar-refractivity contribution is -0.135. The second-order valence-corrected chi connectivity index (χ2v) is 4.75. The van der Waals surface area contributed by atoms with Gasteiger partial charge >= 0.3 is 0 Å². The van der Waals surface area contributed by atoms with Crippen molar-refractivity contribution in [2.75, 3.05) is 4.43 Å². The van der Waals surface area contributed by atoms with Crippen molar-refractivity contribution in [2.45, 2.75) is 32.8 Å². The molecule has 4 atom stereocenters. The smallest absolute Gasteiger partial charge is 0.293 e. The standard InChI is InChI=1S/C10H17IO2/c1-3-8-7(2)4-10(13-6-12)9(8)5-11/h6-10H,3-5H2,1-2H3. The van der Waals surface area contributed by atoms with Gasteiger partial charge in [-0.2, -0.15) is 0 Å². The molecule has 1 aliphatic carbocycles. The van der Waals surface area contributed by atoms with Crippen molar-refractivity contribution in [1.29, 1.82) is 0 Å². The molecule has 0 radical (unpaired) electrons. The Hall–Kier alpha value is 0.200. The van der Waals surface area contributed by atoms with Crippen LogP contribution in [0.5, 0.6) is 0 Å². The second kappa shape index (κ2) is 5.17. The molecule has 0 amide bonds. The van der Waals surface area contributed by atoms with E-state index in [0.29, 0.717) is 18.3 Å². The normalized spacial score (nSPS) is 39.0. The molecule has 0 aromatic heterocycles. The molecule has 0 aliphatic heterocycles. The SMILES string of the molecule is CCC1C(C)CC(OC=O)C1CI. The highest BCUT2D eigenvalue weighted by Gasteiger charge is 2.40. The van der Waals surface area contributed by atoms with Gasteiger partial charge in [-0.05, 0) is 18.3 Å². The molecule has 0 spiro atoms. The molecule has 0 saturated heterocycles. The number of carbonyl (C=O) groups is 1. The highest BCUT2D eigenvalue weighted by Crippen LogP contribution is 2.41. The van der Waals surface area contributed by atoms with Crippen LogP contribution in [0.3, 0.4) is 0 Å². The Labute approximate surface area is 93.6 Å². The number of hydrogen-bond donors (Lipinski definition) is 0. The van der Waals surface area contributed by atoms with Gasteiger partial charge in [0.2, 0.25) is 0 Å². The van der Waals surface area contributed by atoms with Gasteiger partial charge in [0.1, 0.15) is 6.10 Å². The summed E-state index contributed by atoms with van der Waals surface area (Å²) in [6.45, 7) is 5.10. The van der Waals surface area contributed by atoms with Crippen molar-refractivity contribution in [3.8, 4) is 0 Å². The van der Waals surface area contributed by atoms with Crippen molar-refractivity contribution in [2.24, 2.45) is 17.8 Å². The topological polar surface area (TPSA) is 26.3 Å². The van der Waals surface area contributed by atoms with E-state index in [0.717, 1.165) is 16.8 Å². The van der Waals surface area contributed by atoms with Crippen LogP contribution in [0.25, 0.3) is 0 Å². The van der Waals surface area contributed by atoms with E-state index in [1.165, 1.54) is 6.42 Å². The fourth-order valence-electron chi connectivity index (χ4n) is 2.56. The van der Waals surface area contributed by atoms with Crippen molar-refractivity contribution < 1.29 is 9.53 Å². The summed E-state index contributed by atoms with van der Waals surface area (Å²) in [6.07, 6.45) is 2.42. The fourth-order valence-corrected chi connectivity index (χ4v) is 3.78. The van der Waals surface area contributed by atoms with Crippen molar-refractivity contribution in [3.05, 3.63) is 0 Å². The molecule has 1 rings (SSSR count). The highest BCUT2D eigenvalue weighted by atomic mass is 127. The van der Waals surface area contributed by atoms with E-state index in [2.05, 4.69) is 36.4 Å². The summed E-state index contributed by atoms with van der Waals surface area (Å²) < 4.78 is 6.22. The molecule has 1 fully saturated rings. The van der Waals surface area contributed by atoms with E-state index in [4.69, 9.17) is 4.74 Å². The lowest BCUT2D eigenvalue weighted by Crippen LogP contribution is -2.23. The summed E-state index contributed by atoms with van der Waals surface area (Å²) in [5, 5.41) is 0. The average molecular weight is 296 g/mol. The minimum atomic E-state index is 0.175. The predicted molar refractivity (Wildman–Crippen MR) is 60.9 cm³/mol. The maximum absolute atomic E-state index is 10.3. The zero-order valence-electron chi connectivity index (χ0n) is 8.20. The quantitative estimate of drug-likeness (QED) is 0.453. The van der Waals surface area contributed by atoms with Gasteiger partial charge in [-0.1, -0.05) is 42.9 Å². The first-order valence-electron chi connectivity index (χ1n) is 4.89. The lowest BCUT2D eigenvalue weighted by atomic mass is 9.89. The first kappa shape index (κ1) is 11.3. The van der Waals surface area contributed by atoms with Crippen LogP contribution < -0.4 is 0 Å². The van der Waals surface area contributed by atoms with Crippen LogP contribution in [0, 0.1) is 17.8 Å². The molecule has 0 N–H and O–H groups in total. The molecular formula is C10H17IO2. The fraction of sp³-hybridized carbons (Fsp3) is 0.900. The van der Waals surface area contributed by atoms with Crippen LogP contribution in [0.4, 0.5) is 0 Å². The van der Waals surface area contributed by atoms with Crippen LogP contribution in [0.15, 0.2) is 0 Å². The molecule has 3 heteroatoms. The second-order valence-electron chi connectivity index (χ2n) is 3.87. The third kappa shape index (κ3) is 2.36. The molecule has 1 saturated carbocycles. The molecule has 0 heterocycles. The zero-order valence-corrected chi connectivity index (χ0v) is 10.4. The van der Waals surface area contributed by atoms with Crippen LogP contribution in [0.1, 0.15) is 26.7 Å². The number of ether oxygens (including phenoxy) is 1. The molecule has 0 aromatic carbocycles. The minimum Gasteiger partial charge on any atom is -0.464 e. The summed E-state index contributed by atoms with van der Waals surface area (Å²) in [7, 11) is 0. The van der Waals surface area contributed by atoms with Gasteiger partial charge in [0.25, 0.3) is 6.47 Å². The Balaban J connectivity index is 2.62. The van der Waals surface area contributed by atoms with Crippen molar-refractivity contribution in [3.63, 3.8) is 0 Å². The van der Waals surface area contributed by atoms with Crippen LogP contribution in [0.2, 0.25) is 0 Å². The summed E-state index contributed by atoms with van der Waals surface area (Å²) in [5.74, 6) is 2.02. The number of hydrogen-bond acceptors (Lipinski definition) is 2. The molecule has 13 heavy (non-hydrogen) atoms. The molecule has 4 unspecified atom stereocenters. The van der Waals surface area contributed by atoms with E-state index < -0.39 is 0 Å². The van der Waals surface area contributed by atoms with Gasteiger partial charge < -0.3 is 4.74 Å². The molecule has 2 nitrogen and oxygen atoms in total. The summed E-state index contributed by atoms with van der Waals surface area (Å²) in [6, 6.07) is 0. The molecule has 0 bridgehead atoms. The highest BCUT2D eigenvalue weighted by molar-refractivity contribution is 14.1. The Bertz CT molecular complexity index is 172. The molecule has 76 valence electrons. The number of rotatable bonds is 4. The summed E-state index contributed by atoms with van der Waals surface area (Å²) >= 11 is 2.40.